The SMILES string of the molecule is COc1cccc(-c2noc(CCN(CCc3ccccc3)C(=O)c3ccccc3)n2)c1. The van der Waals surface area contributed by atoms with Crippen LogP contribution in [0.15, 0.2) is 89.5 Å². The van der Waals surface area contributed by atoms with Crippen LogP contribution < -0.4 is 4.74 Å². The first-order valence-corrected chi connectivity index (χ1v) is 10.6. The smallest absolute Gasteiger partial charge is 0.253 e. The van der Waals surface area contributed by atoms with Crippen LogP contribution in [0.3, 0.4) is 0 Å². The molecule has 3 aromatic carbocycles. The molecule has 1 heterocycles. The van der Waals surface area contributed by atoms with E-state index in [-0.39, 0.29) is 5.91 Å². The van der Waals surface area contributed by atoms with Crippen LogP contribution in [0.5, 0.6) is 5.75 Å². The van der Waals surface area contributed by atoms with Gasteiger partial charge in [0.05, 0.1) is 7.11 Å². The molecule has 4 aromatic rings. The van der Waals surface area contributed by atoms with E-state index < -0.39 is 0 Å². The second kappa shape index (κ2) is 10.4. The van der Waals surface area contributed by atoms with Gasteiger partial charge < -0.3 is 14.2 Å². The lowest BCUT2D eigenvalue weighted by atomic mass is 10.1. The van der Waals surface area contributed by atoms with Crippen LogP contribution in [0.2, 0.25) is 0 Å². The van der Waals surface area contributed by atoms with Gasteiger partial charge in [-0.05, 0) is 36.2 Å². The normalized spacial score (nSPS) is 10.7. The van der Waals surface area contributed by atoms with E-state index in [9.17, 15) is 4.79 Å². The number of rotatable bonds is 9. The molecule has 0 aliphatic rings. The zero-order valence-electron chi connectivity index (χ0n) is 18.0. The van der Waals surface area contributed by atoms with Crippen molar-refractivity contribution in [3.63, 3.8) is 0 Å². The molecule has 32 heavy (non-hydrogen) atoms. The van der Waals surface area contributed by atoms with Crippen molar-refractivity contribution < 1.29 is 14.1 Å². The van der Waals surface area contributed by atoms with Crippen LogP contribution in [-0.4, -0.2) is 41.1 Å². The van der Waals surface area contributed by atoms with Crippen molar-refractivity contribution >= 4 is 5.91 Å². The maximum atomic E-state index is 13.1. The largest absolute Gasteiger partial charge is 0.497 e. The van der Waals surface area contributed by atoms with Gasteiger partial charge in [-0.1, -0.05) is 65.8 Å². The molecule has 0 unspecified atom stereocenters. The first-order valence-electron chi connectivity index (χ1n) is 10.6. The Hall–Kier alpha value is -3.93. The minimum Gasteiger partial charge on any atom is -0.497 e. The molecule has 0 N–H and O–H groups in total. The summed E-state index contributed by atoms with van der Waals surface area (Å²) >= 11 is 0. The first kappa shape index (κ1) is 21.3. The van der Waals surface area contributed by atoms with E-state index in [1.165, 1.54) is 5.56 Å². The number of carbonyl (C=O) groups excluding carboxylic acids is 1. The van der Waals surface area contributed by atoms with Crippen molar-refractivity contribution in [3.8, 4) is 17.1 Å². The Morgan fingerprint density at radius 2 is 1.62 bits per heavy atom. The summed E-state index contributed by atoms with van der Waals surface area (Å²) in [7, 11) is 1.62. The van der Waals surface area contributed by atoms with E-state index in [0.29, 0.717) is 36.8 Å². The fraction of sp³-hybridized carbons (Fsp3) is 0.192. The zero-order chi connectivity index (χ0) is 22.2. The van der Waals surface area contributed by atoms with Gasteiger partial charge in [-0.25, -0.2) is 0 Å². The van der Waals surface area contributed by atoms with Crippen LogP contribution in [0.4, 0.5) is 0 Å². The molecule has 4 rings (SSSR count). The molecule has 0 radical (unpaired) electrons. The van der Waals surface area contributed by atoms with Gasteiger partial charge in [0.1, 0.15) is 5.75 Å². The number of hydrogen-bond acceptors (Lipinski definition) is 5. The quantitative estimate of drug-likeness (QED) is 0.388. The van der Waals surface area contributed by atoms with Gasteiger partial charge >= 0.3 is 0 Å². The fourth-order valence-corrected chi connectivity index (χ4v) is 3.45. The average Bonchev–Trinajstić information content (AvgIpc) is 3.34. The van der Waals surface area contributed by atoms with Gasteiger partial charge in [0.15, 0.2) is 0 Å². The summed E-state index contributed by atoms with van der Waals surface area (Å²) in [5.74, 6) is 1.72. The molecule has 1 amide bonds. The summed E-state index contributed by atoms with van der Waals surface area (Å²) < 4.78 is 10.7. The number of hydrogen-bond donors (Lipinski definition) is 0. The minimum absolute atomic E-state index is 0.00549. The van der Waals surface area contributed by atoms with Crippen LogP contribution in [-0.2, 0) is 12.8 Å². The molecule has 6 heteroatoms. The van der Waals surface area contributed by atoms with E-state index in [2.05, 4.69) is 22.3 Å². The van der Waals surface area contributed by atoms with E-state index >= 15 is 0 Å². The predicted octanol–water partition coefficient (Wildman–Crippen LogP) is 4.67. The number of carbonyl (C=O) groups is 1. The topological polar surface area (TPSA) is 68.5 Å². The van der Waals surface area contributed by atoms with Gasteiger partial charge in [0.25, 0.3) is 5.91 Å². The number of amides is 1. The van der Waals surface area contributed by atoms with Crippen molar-refractivity contribution in [3.05, 3.63) is 102 Å². The molecular weight excluding hydrogens is 402 g/mol. The molecule has 6 nitrogen and oxygen atoms in total. The number of ether oxygens (including phenoxy) is 1. The molecule has 0 aliphatic carbocycles. The molecule has 0 aliphatic heterocycles. The average molecular weight is 428 g/mol. The summed E-state index contributed by atoms with van der Waals surface area (Å²) in [6.07, 6.45) is 1.25. The Morgan fingerprint density at radius 3 is 2.38 bits per heavy atom. The second-order valence-corrected chi connectivity index (χ2v) is 7.39. The van der Waals surface area contributed by atoms with E-state index in [4.69, 9.17) is 9.26 Å². The Kier molecular flexibility index (Phi) is 6.92. The van der Waals surface area contributed by atoms with Gasteiger partial charge in [0, 0.05) is 30.6 Å². The molecule has 1 aromatic heterocycles. The Balaban J connectivity index is 1.46. The van der Waals surface area contributed by atoms with Crippen LogP contribution in [0.25, 0.3) is 11.4 Å². The van der Waals surface area contributed by atoms with E-state index in [1.807, 2.05) is 77.7 Å². The minimum atomic E-state index is -0.00549. The summed E-state index contributed by atoms with van der Waals surface area (Å²) in [5.41, 5.74) is 2.68. The van der Waals surface area contributed by atoms with Gasteiger partial charge in [0.2, 0.25) is 11.7 Å². The van der Waals surface area contributed by atoms with Crippen molar-refractivity contribution in [1.82, 2.24) is 15.0 Å². The van der Waals surface area contributed by atoms with E-state index in [1.54, 1.807) is 7.11 Å². The lowest BCUT2D eigenvalue weighted by Crippen LogP contribution is -2.34. The maximum Gasteiger partial charge on any atom is 0.253 e. The fourth-order valence-electron chi connectivity index (χ4n) is 3.45. The molecular formula is C26H25N3O3. The maximum absolute atomic E-state index is 13.1. The molecule has 0 spiro atoms. The Morgan fingerprint density at radius 1 is 0.906 bits per heavy atom. The lowest BCUT2D eigenvalue weighted by molar-refractivity contribution is 0.0756. The second-order valence-electron chi connectivity index (χ2n) is 7.39. The number of nitrogens with zero attached hydrogens (tertiary/aromatic N) is 3. The van der Waals surface area contributed by atoms with Crippen LogP contribution in [0, 0.1) is 0 Å². The highest BCUT2D eigenvalue weighted by atomic mass is 16.5. The third kappa shape index (κ3) is 5.40. The van der Waals surface area contributed by atoms with Crippen molar-refractivity contribution in [2.45, 2.75) is 12.8 Å². The Labute approximate surface area is 187 Å². The third-order valence-corrected chi connectivity index (χ3v) is 5.21. The third-order valence-electron chi connectivity index (χ3n) is 5.21. The Bertz CT molecular complexity index is 1140. The monoisotopic (exact) mass is 427 g/mol. The number of benzene rings is 3. The first-order chi connectivity index (χ1) is 15.7. The molecule has 162 valence electrons. The highest BCUT2D eigenvalue weighted by Gasteiger charge is 2.17. The van der Waals surface area contributed by atoms with Gasteiger partial charge in [-0.3, -0.25) is 4.79 Å². The predicted molar refractivity (Wildman–Crippen MR) is 122 cm³/mol. The summed E-state index contributed by atoms with van der Waals surface area (Å²) in [5, 5.41) is 4.09. The molecule has 0 bridgehead atoms. The van der Waals surface area contributed by atoms with Gasteiger partial charge in [-0.2, -0.15) is 4.98 Å². The number of methoxy groups -OCH3 is 1. The standard InChI is InChI=1S/C26H25N3O3/c1-31-23-14-8-13-22(19-23)25-27-24(32-28-25)16-18-29(17-15-20-9-4-2-5-10-20)26(30)21-11-6-3-7-12-21/h2-14,19H,15-18H2,1H3. The van der Waals surface area contributed by atoms with E-state index in [0.717, 1.165) is 17.7 Å². The molecule has 0 atom stereocenters. The zero-order valence-corrected chi connectivity index (χ0v) is 18.0. The van der Waals surface area contributed by atoms with Crippen LogP contribution in [0.1, 0.15) is 21.8 Å². The molecule has 0 fully saturated rings. The highest BCUT2D eigenvalue weighted by molar-refractivity contribution is 5.94. The number of aromatic nitrogens is 2. The van der Waals surface area contributed by atoms with Crippen molar-refractivity contribution in [2.24, 2.45) is 0 Å². The molecule has 0 saturated carbocycles. The van der Waals surface area contributed by atoms with Gasteiger partial charge in [-0.15, -0.1) is 0 Å². The summed E-state index contributed by atoms with van der Waals surface area (Å²) in [4.78, 5) is 19.5. The van der Waals surface area contributed by atoms with Crippen molar-refractivity contribution in [1.29, 1.82) is 0 Å². The lowest BCUT2D eigenvalue weighted by Gasteiger charge is -2.22. The summed E-state index contributed by atoms with van der Waals surface area (Å²) in [6.45, 7) is 1.09. The molecule has 0 saturated heterocycles. The van der Waals surface area contributed by atoms with Crippen molar-refractivity contribution in [2.75, 3.05) is 20.2 Å². The highest BCUT2D eigenvalue weighted by Crippen LogP contribution is 2.21. The summed E-state index contributed by atoms with van der Waals surface area (Å²) in [6, 6.07) is 27.0. The van der Waals surface area contributed by atoms with Crippen LogP contribution >= 0.6 is 0 Å².